The normalized spacial score (nSPS) is 12.7. The molecule has 0 fully saturated rings. The van der Waals surface area contributed by atoms with Gasteiger partial charge in [-0.2, -0.15) is 0 Å². The molecule has 0 bridgehead atoms. The minimum atomic E-state index is -0.234. The number of methoxy groups -OCH3 is 1. The number of fused-ring (bicyclic) bond motifs is 1. The molecule has 1 N–H and O–H groups in total. The first-order valence-electron chi connectivity index (χ1n) is 10.5. The number of imidazole rings is 1. The molecule has 0 unspecified atom stereocenters. The second kappa shape index (κ2) is 9.51. The van der Waals surface area contributed by atoms with Gasteiger partial charge >= 0.3 is 0 Å². The van der Waals surface area contributed by atoms with Crippen molar-refractivity contribution in [1.82, 2.24) is 9.55 Å². The van der Waals surface area contributed by atoms with E-state index in [4.69, 9.17) is 14.5 Å². The molecule has 0 saturated carbocycles. The number of amides is 1. The second-order valence-corrected chi connectivity index (χ2v) is 7.59. The summed E-state index contributed by atoms with van der Waals surface area (Å²) in [7, 11) is 1.58. The monoisotopic (exact) mass is 417 g/mol. The fraction of sp³-hybridized carbons (Fsp3) is 0.280. The lowest BCUT2D eigenvalue weighted by Gasteiger charge is -2.12. The number of ether oxygens (including phenoxy) is 2. The zero-order chi connectivity index (χ0) is 21.6. The van der Waals surface area contributed by atoms with Gasteiger partial charge in [-0.15, -0.1) is 6.58 Å². The van der Waals surface area contributed by atoms with Crippen LogP contribution >= 0.6 is 0 Å². The van der Waals surface area contributed by atoms with Gasteiger partial charge in [0.25, 0.3) is 5.91 Å². The zero-order valence-electron chi connectivity index (χ0n) is 17.8. The maximum absolute atomic E-state index is 12.3. The Balaban J connectivity index is 1.35. The molecule has 0 saturated heterocycles. The van der Waals surface area contributed by atoms with E-state index in [1.807, 2.05) is 48.5 Å². The molecule has 1 amide bonds. The van der Waals surface area contributed by atoms with Gasteiger partial charge in [0.2, 0.25) is 0 Å². The Morgan fingerprint density at radius 2 is 2.03 bits per heavy atom. The molecule has 1 aromatic heterocycles. The molecule has 4 rings (SSSR count). The van der Waals surface area contributed by atoms with Crippen molar-refractivity contribution >= 4 is 11.6 Å². The van der Waals surface area contributed by atoms with Crippen LogP contribution < -0.4 is 14.8 Å². The fourth-order valence-electron chi connectivity index (χ4n) is 3.74. The van der Waals surface area contributed by atoms with E-state index in [0.717, 1.165) is 47.7 Å². The van der Waals surface area contributed by atoms with Gasteiger partial charge in [-0.25, -0.2) is 4.98 Å². The van der Waals surface area contributed by atoms with Gasteiger partial charge in [0.05, 0.1) is 12.8 Å². The molecule has 0 spiro atoms. The summed E-state index contributed by atoms with van der Waals surface area (Å²) in [5.74, 6) is 2.05. The third kappa shape index (κ3) is 4.97. The van der Waals surface area contributed by atoms with Crippen molar-refractivity contribution in [3.8, 4) is 22.8 Å². The lowest BCUT2D eigenvalue weighted by molar-refractivity contribution is -0.118. The Kier molecular flexibility index (Phi) is 6.36. The van der Waals surface area contributed by atoms with Crippen molar-refractivity contribution < 1.29 is 14.3 Å². The smallest absolute Gasteiger partial charge is 0.262 e. The Labute approximate surface area is 182 Å². The highest BCUT2D eigenvalue weighted by Crippen LogP contribution is 2.28. The van der Waals surface area contributed by atoms with Gasteiger partial charge in [0.1, 0.15) is 5.82 Å². The van der Waals surface area contributed by atoms with Gasteiger partial charge in [-0.3, -0.25) is 4.79 Å². The van der Waals surface area contributed by atoms with Crippen LogP contribution in [0, 0.1) is 0 Å². The van der Waals surface area contributed by atoms with Crippen molar-refractivity contribution in [3.05, 3.63) is 72.7 Å². The predicted octanol–water partition coefficient (Wildman–Crippen LogP) is 4.64. The molecule has 2 aromatic carbocycles. The standard InChI is InChI=1S/C25H27N3O3/c1-3-6-18-8-13-22(23(15-18)30-2)31-17-25(29)26-20-11-9-19(10-12-20)21-16-28-14-5-4-7-24(28)27-21/h3,8-13,15-16H,1,4-7,14,17H2,2H3,(H,26,29). The third-order valence-electron chi connectivity index (χ3n) is 5.34. The number of rotatable bonds is 8. The van der Waals surface area contributed by atoms with Gasteiger partial charge in [-0.05, 0) is 49.1 Å². The molecule has 6 nitrogen and oxygen atoms in total. The minimum Gasteiger partial charge on any atom is -0.493 e. The van der Waals surface area contributed by atoms with E-state index in [2.05, 4.69) is 22.7 Å². The van der Waals surface area contributed by atoms with Crippen LogP contribution in [0.1, 0.15) is 24.2 Å². The Morgan fingerprint density at radius 3 is 2.77 bits per heavy atom. The van der Waals surface area contributed by atoms with Crippen molar-refractivity contribution in [2.24, 2.45) is 0 Å². The summed E-state index contributed by atoms with van der Waals surface area (Å²) in [6.07, 6.45) is 8.14. The summed E-state index contributed by atoms with van der Waals surface area (Å²) in [4.78, 5) is 17.1. The lowest BCUT2D eigenvalue weighted by atomic mass is 10.1. The van der Waals surface area contributed by atoms with E-state index in [-0.39, 0.29) is 12.5 Å². The van der Waals surface area contributed by atoms with Crippen LogP contribution in [0.5, 0.6) is 11.5 Å². The largest absolute Gasteiger partial charge is 0.493 e. The molecule has 3 aromatic rings. The number of hydrogen-bond donors (Lipinski definition) is 1. The summed E-state index contributed by atoms with van der Waals surface area (Å²) in [6, 6.07) is 13.4. The molecule has 0 radical (unpaired) electrons. The highest BCUT2D eigenvalue weighted by Gasteiger charge is 2.13. The number of allylic oxidation sites excluding steroid dienone is 1. The molecule has 1 aliphatic heterocycles. The second-order valence-electron chi connectivity index (χ2n) is 7.59. The average molecular weight is 418 g/mol. The molecular formula is C25H27N3O3. The summed E-state index contributed by atoms with van der Waals surface area (Å²) >= 11 is 0. The van der Waals surface area contributed by atoms with Gasteiger partial charge in [-0.1, -0.05) is 24.3 Å². The molecular weight excluding hydrogens is 390 g/mol. The number of hydrogen-bond acceptors (Lipinski definition) is 4. The maximum Gasteiger partial charge on any atom is 0.262 e. The third-order valence-corrected chi connectivity index (χ3v) is 5.34. The molecule has 160 valence electrons. The van der Waals surface area contributed by atoms with E-state index < -0.39 is 0 Å². The van der Waals surface area contributed by atoms with E-state index in [1.54, 1.807) is 7.11 Å². The lowest BCUT2D eigenvalue weighted by Crippen LogP contribution is -2.20. The predicted molar refractivity (Wildman–Crippen MR) is 122 cm³/mol. The van der Waals surface area contributed by atoms with E-state index >= 15 is 0 Å². The summed E-state index contributed by atoms with van der Waals surface area (Å²) in [6.45, 7) is 4.68. The van der Waals surface area contributed by atoms with Crippen molar-refractivity contribution in [1.29, 1.82) is 0 Å². The number of anilines is 1. The van der Waals surface area contributed by atoms with Crippen LogP contribution in [0.3, 0.4) is 0 Å². The van der Waals surface area contributed by atoms with Crippen molar-refractivity contribution in [2.45, 2.75) is 32.2 Å². The number of benzene rings is 2. The first kappa shape index (κ1) is 20.7. The zero-order valence-corrected chi connectivity index (χ0v) is 17.8. The summed E-state index contributed by atoms with van der Waals surface area (Å²) in [5.41, 5.74) is 3.81. The quantitative estimate of drug-likeness (QED) is 0.542. The number of carbonyl (C=O) groups is 1. The Bertz CT molecular complexity index is 1050. The van der Waals surface area contributed by atoms with E-state index in [9.17, 15) is 4.79 Å². The van der Waals surface area contributed by atoms with Crippen molar-refractivity contribution in [3.63, 3.8) is 0 Å². The molecule has 31 heavy (non-hydrogen) atoms. The Hall–Kier alpha value is -3.54. The number of aryl methyl sites for hydroxylation is 2. The molecule has 6 heteroatoms. The van der Waals surface area contributed by atoms with Gasteiger partial charge < -0.3 is 19.4 Å². The van der Waals surface area contributed by atoms with Crippen LogP contribution in [0.2, 0.25) is 0 Å². The van der Waals surface area contributed by atoms with Crippen molar-refractivity contribution in [2.75, 3.05) is 19.0 Å². The summed E-state index contributed by atoms with van der Waals surface area (Å²) < 4.78 is 13.3. The number of carbonyl (C=O) groups excluding carboxylic acids is 1. The topological polar surface area (TPSA) is 65.4 Å². The van der Waals surface area contributed by atoms with E-state index in [1.165, 1.54) is 12.8 Å². The van der Waals surface area contributed by atoms with Crippen LogP contribution in [0.25, 0.3) is 11.3 Å². The van der Waals surface area contributed by atoms with Crippen LogP contribution in [-0.4, -0.2) is 29.2 Å². The SMILES string of the molecule is C=CCc1ccc(OCC(=O)Nc2ccc(-c3cn4c(n3)CCCC4)cc2)c(OC)c1. The van der Waals surface area contributed by atoms with Gasteiger partial charge in [0.15, 0.2) is 18.1 Å². The Morgan fingerprint density at radius 1 is 1.19 bits per heavy atom. The van der Waals surface area contributed by atoms with Crippen LogP contribution in [0.4, 0.5) is 5.69 Å². The van der Waals surface area contributed by atoms with E-state index in [0.29, 0.717) is 11.5 Å². The first-order valence-corrected chi connectivity index (χ1v) is 10.5. The van der Waals surface area contributed by atoms with Crippen LogP contribution in [-0.2, 0) is 24.2 Å². The van der Waals surface area contributed by atoms with Gasteiger partial charge in [0, 0.05) is 30.4 Å². The number of nitrogens with zero attached hydrogens (tertiary/aromatic N) is 2. The molecule has 1 aliphatic rings. The molecule has 0 atom stereocenters. The van der Waals surface area contributed by atoms with Crippen LogP contribution in [0.15, 0.2) is 61.3 Å². The first-order chi connectivity index (χ1) is 15.2. The number of aromatic nitrogens is 2. The average Bonchev–Trinajstić information content (AvgIpc) is 3.23. The maximum atomic E-state index is 12.3. The highest BCUT2D eigenvalue weighted by molar-refractivity contribution is 5.92. The minimum absolute atomic E-state index is 0.104. The number of nitrogens with one attached hydrogen (secondary N) is 1. The highest BCUT2D eigenvalue weighted by atomic mass is 16.5. The molecule has 2 heterocycles. The summed E-state index contributed by atoms with van der Waals surface area (Å²) in [5, 5.41) is 2.87. The fourth-order valence-corrected chi connectivity index (χ4v) is 3.74. The molecule has 0 aliphatic carbocycles.